The first-order chi connectivity index (χ1) is 16.0. The molecule has 2 aromatic rings. The van der Waals surface area contributed by atoms with Crippen LogP contribution in [0.4, 0.5) is 10.5 Å². The van der Waals surface area contributed by atoms with Crippen molar-refractivity contribution in [1.82, 2.24) is 4.90 Å². The van der Waals surface area contributed by atoms with Gasteiger partial charge < -0.3 is 29.5 Å². The number of para-hydroxylation sites is 2. The smallest absolute Gasteiger partial charge is 0.333 e. The van der Waals surface area contributed by atoms with Gasteiger partial charge in [-0.15, -0.1) is 0 Å². The number of amides is 2. The Morgan fingerprint density at radius 1 is 1.15 bits per heavy atom. The quantitative estimate of drug-likeness (QED) is 0.472. The second kappa shape index (κ2) is 12.1. The van der Waals surface area contributed by atoms with Gasteiger partial charge in [0.1, 0.15) is 18.1 Å². The van der Waals surface area contributed by atoms with Crippen molar-refractivity contribution in [3.8, 4) is 11.5 Å². The molecule has 2 aromatic carbocycles. The molecular formula is C25H32N2O6. The molecule has 178 valence electrons. The molecule has 0 saturated heterocycles. The molecule has 1 aliphatic rings. The monoisotopic (exact) mass is 456 g/mol. The van der Waals surface area contributed by atoms with E-state index in [1.54, 1.807) is 37.1 Å². The van der Waals surface area contributed by atoms with Gasteiger partial charge in [0.25, 0.3) is 0 Å². The lowest BCUT2D eigenvalue weighted by Crippen LogP contribution is -2.39. The molecule has 0 bridgehead atoms. The van der Waals surface area contributed by atoms with Gasteiger partial charge in [-0.25, -0.2) is 9.59 Å². The predicted molar refractivity (Wildman–Crippen MR) is 125 cm³/mol. The third kappa shape index (κ3) is 7.68. The molecule has 0 heterocycles. The van der Waals surface area contributed by atoms with Crippen LogP contribution in [-0.2, 0) is 16.0 Å². The number of hydrogen-bond acceptors (Lipinski definition) is 5. The van der Waals surface area contributed by atoms with Crippen LogP contribution >= 0.6 is 0 Å². The Labute approximate surface area is 194 Å². The third-order valence-electron chi connectivity index (χ3n) is 5.43. The summed E-state index contributed by atoms with van der Waals surface area (Å²) in [7, 11) is 1.57. The number of carboxylic acid groups (broad SMARTS) is 1. The van der Waals surface area contributed by atoms with Gasteiger partial charge in [0.05, 0.1) is 19.3 Å². The van der Waals surface area contributed by atoms with Gasteiger partial charge >= 0.3 is 12.0 Å². The zero-order valence-corrected chi connectivity index (χ0v) is 19.2. The molecule has 1 saturated carbocycles. The van der Waals surface area contributed by atoms with Crippen molar-refractivity contribution in [1.29, 1.82) is 0 Å². The summed E-state index contributed by atoms with van der Waals surface area (Å²) in [5.74, 6) is 0.848. The Kier molecular flexibility index (Phi) is 8.95. The van der Waals surface area contributed by atoms with E-state index in [1.807, 2.05) is 30.3 Å². The summed E-state index contributed by atoms with van der Waals surface area (Å²) >= 11 is 0. The number of benzene rings is 2. The van der Waals surface area contributed by atoms with Crippen molar-refractivity contribution in [3.05, 3.63) is 54.1 Å². The van der Waals surface area contributed by atoms with Crippen molar-refractivity contribution < 1.29 is 28.9 Å². The number of nitrogens with one attached hydrogen (secondary N) is 1. The molecule has 1 fully saturated rings. The summed E-state index contributed by atoms with van der Waals surface area (Å²) in [5, 5.41) is 12.2. The van der Waals surface area contributed by atoms with Crippen LogP contribution in [0.15, 0.2) is 48.5 Å². The number of urea groups is 1. The van der Waals surface area contributed by atoms with Crippen molar-refractivity contribution in [3.63, 3.8) is 0 Å². The minimum absolute atomic E-state index is 0.180. The number of hydrogen-bond donors (Lipinski definition) is 2. The van der Waals surface area contributed by atoms with Crippen molar-refractivity contribution in [2.24, 2.45) is 5.92 Å². The molecule has 1 aliphatic carbocycles. The average Bonchev–Trinajstić information content (AvgIpc) is 3.63. The van der Waals surface area contributed by atoms with Crippen LogP contribution < -0.4 is 14.8 Å². The standard InChI is InChI=1S/C25H32N2O6/c1-3-32-23(24(28)29)16-18-10-12-20(13-11-18)33-15-14-27(17-19-8-9-19)25(30)26-21-6-4-5-7-22(21)31-2/h4-7,10-13,19,23H,3,8-9,14-17H2,1-2H3,(H,26,30)(H,28,29). The maximum Gasteiger partial charge on any atom is 0.333 e. The lowest BCUT2D eigenvalue weighted by atomic mass is 10.1. The van der Waals surface area contributed by atoms with E-state index in [0.717, 1.165) is 18.4 Å². The number of nitrogens with zero attached hydrogens (tertiary/aromatic N) is 1. The van der Waals surface area contributed by atoms with Crippen LogP contribution in [0.2, 0.25) is 0 Å². The topological polar surface area (TPSA) is 97.3 Å². The lowest BCUT2D eigenvalue weighted by molar-refractivity contribution is -0.149. The third-order valence-corrected chi connectivity index (χ3v) is 5.43. The molecule has 33 heavy (non-hydrogen) atoms. The highest BCUT2D eigenvalue weighted by molar-refractivity contribution is 5.91. The molecule has 0 aliphatic heterocycles. The van der Waals surface area contributed by atoms with Gasteiger partial charge in [-0.3, -0.25) is 0 Å². The SMILES string of the molecule is CCOC(Cc1ccc(OCCN(CC2CC2)C(=O)Nc2ccccc2OC)cc1)C(=O)O. The van der Waals surface area contributed by atoms with E-state index in [1.165, 1.54) is 0 Å². The number of carbonyl (C=O) groups excluding carboxylic acids is 1. The molecule has 2 amide bonds. The maximum atomic E-state index is 12.9. The molecule has 1 atom stereocenters. The number of rotatable bonds is 13. The molecule has 3 rings (SSSR count). The van der Waals surface area contributed by atoms with E-state index >= 15 is 0 Å². The number of ether oxygens (including phenoxy) is 3. The normalized spacial score (nSPS) is 13.8. The molecule has 8 nitrogen and oxygen atoms in total. The summed E-state index contributed by atoms with van der Waals surface area (Å²) in [6.45, 7) is 3.61. The molecule has 0 aromatic heterocycles. The fourth-order valence-corrected chi connectivity index (χ4v) is 3.46. The highest BCUT2D eigenvalue weighted by Crippen LogP contribution is 2.30. The Hall–Kier alpha value is -3.26. The molecule has 0 spiro atoms. The largest absolute Gasteiger partial charge is 0.495 e. The van der Waals surface area contributed by atoms with Crippen molar-refractivity contribution in [2.75, 3.05) is 38.7 Å². The number of methoxy groups -OCH3 is 1. The van der Waals surface area contributed by atoms with Crippen LogP contribution in [-0.4, -0.2) is 61.5 Å². The van der Waals surface area contributed by atoms with Gasteiger partial charge in [0, 0.05) is 19.6 Å². The number of carbonyl (C=O) groups is 2. The zero-order valence-electron chi connectivity index (χ0n) is 19.2. The van der Waals surface area contributed by atoms with E-state index < -0.39 is 12.1 Å². The lowest BCUT2D eigenvalue weighted by Gasteiger charge is -2.23. The van der Waals surface area contributed by atoms with E-state index in [9.17, 15) is 14.7 Å². The maximum absolute atomic E-state index is 12.9. The van der Waals surface area contributed by atoms with Gasteiger partial charge in [-0.05, 0) is 55.5 Å². The van der Waals surface area contributed by atoms with E-state index in [-0.39, 0.29) is 6.03 Å². The van der Waals surface area contributed by atoms with Crippen LogP contribution in [0.5, 0.6) is 11.5 Å². The van der Waals surface area contributed by atoms with Crippen molar-refractivity contribution in [2.45, 2.75) is 32.3 Å². The Morgan fingerprint density at radius 2 is 1.88 bits per heavy atom. The summed E-state index contributed by atoms with van der Waals surface area (Å²) in [6.07, 6.45) is 1.71. The van der Waals surface area contributed by atoms with E-state index in [2.05, 4.69) is 5.32 Å². The van der Waals surface area contributed by atoms with Gasteiger partial charge in [-0.2, -0.15) is 0 Å². The molecule has 2 N–H and O–H groups in total. The average molecular weight is 457 g/mol. The number of carboxylic acids is 1. The Morgan fingerprint density at radius 3 is 2.52 bits per heavy atom. The van der Waals surface area contributed by atoms with Crippen molar-refractivity contribution >= 4 is 17.7 Å². The van der Waals surface area contributed by atoms with E-state index in [0.29, 0.717) is 55.8 Å². The highest BCUT2D eigenvalue weighted by Gasteiger charge is 2.27. The Balaban J connectivity index is 1.52. The molecule has 8 heteroatoms. The summed E-state index contributed by atoms with van der Waals surface area (Å²) in [4.78, 5) is 25.9. The molecule has 1 unspecified atom stereocenters. The van der Waals surface area contributed by atoms with Gasteiger partial charge in [-0.1, -0.05) is 24.3 Å². The summed E-state index contributed by atoms with van der Waals surface area (Å²) < 4.78 is 16.4. The zero-order chi connectivity index (χ0) is 23.6. The van der Waals surface area contributed by atoms with Crippen LogP contribution in [0.1, 0.15) is 25.3 Å². The Bertz CT molecular complexity index is 913. The fraction of sp³-hybridized carbons (Fsp3) is 0.440. The molecular weight excluding hydrogens is 424 g/mol. The number of aliphatic carboxylic acids is 1. The van der Waals surface area contributed by atoms with Gasteiger partial charge in [0.2, 0.25) is 0 Å². The van der Waals surface area contributed by atoms with Crippen LogP contribution in [0.3, 0.4) is 0 Å². The minimum Gasteiger partial charge on any atom is -0.495 e. The first-order valence-electron chi connectivity index (χ1n) is 11.2. The van der Waals surface area contributed by atoms with E-state index in [4.69, 9.17) is 14.2 Å². The predicted octanol–water partition coefficient (Wildman–Crippen LogP) is 4.05. The second-order valence-corrected chi connectivity index (χ2v) is 8.00. The fourth-order valence-electron chi connectivity index (χ4n) is 3.46. The summed E-state index contributed by atoms with van der Waals surface area (Å²) in [6, 6.07) is 14.4. The first kappa shape index (κ1) is 24.4. The number of anilines is 1. The van der Waals surface area contributed by atoms with Crippen LogP contribution in [0, 0.1) is 5.92 Å². The second-order valence-electron chi connectivity index (χ2n) is 8.00. The highest BCUT2D eigenvalue weighted by atomic mass is 16.5. The molecule has 0 radical (unpaired) electrons. The first-order valence-corrected chi connectivity index (χ1v) is 11.2. The van der Waals surface area contributed by atoms with Gasteiger partial charge in [0.15, 0.2) is 6.10 Å². The summed E-state index contributed by atoms with van der Waals surface area (Å²) in [5.41, 5.74) is 1.49. The minimum atomic E-state index is -0.973. The van der Waals surface area contributed by atoms with Crippen LogP contribution in [0.25, 0.3) is 0 Å².